The van der Waals surface area contributed by atoms with Gasteiger partial charge in [-0.25, -0.2) is 9.59 Å². The number of hydrogen-bond acceptors (Lipinski definition) is 2. The third-order valence-corrected chi connectivity index (χ3v) is 0.608. The Morgan fingerprint density at radius 1 is 0.917 bits per heavy atom. The Hall–Kier alpha value is -2.20. The lowest BCUT2D eigenvalue weighted by molar-refractivity contribution is -0.131. The smallest absolute Gasteiger partial charge is 0.382 e. The van der Waals surface area contributed by atoms with Crippen molar-refractivity contribution in [3.8, 4) is 23.7 Å². The van der Waals surface area contributed by atoms with Crippen LogP contribution in [0.15, 0.2) is 12.2 Å². The third-order valence-electron chi connectivity index (χ3n) is 0.608. The van der Waals surface area contributed by atoms with Crippen molar-refractivity contribution in [1.29, 1.82) is 0 Å². The molecule has 2 N–H and O–H groups in total. The van der Waals surface area contributed by atoms with Crippen LogP contribution in [0.25, 0.3) is 0 Å². The van der Waals surface area contributed by atoms with Gasteiger partial charge in [-0.05, 0) is 12.2 Å². The van der Waals surface area contributed by atoms with Gasteiger partial charge in [0.15, 0.2) is 0 Å². The van der Waals surface area contributed by atoms with Crippen LogP contribution in [0, 0.1) is 23.7 Å². The van der Waals surface area contributed by atoms with Crippen LogP contribution in [-0.4, -0.2) is 22.2 Å². The molecule has 0 rings (SSSR count). The minimum Gasteiger partial charge on any atom is -0.472 e. The number of rotatable bonds is 0. The van der Waals surface area contributed by atoms with Gasteiger partial charge in [0.05, 0.1) is 0 Å². The van der Waals surface area contributed by atoms with Gasteiger partial charge in [-0.3, -0.25) is 0 Å². The van der Waals surface area contributed by atoms with Crippen molar-refractivity contribution < 1.29 is 19.8 Å². The molecule has 0 saturated heterocycles. The Morgan fingerprint density at radius 3 is 1.50 bits per heavy atom. The molecule has 0 atom stereocenters. The lowest BCUT2D eigenvalue weighted by atomic mass is 10.4. The zero-order chi connectivity index (χ0) is 9.40. The highest BCUT2D eigenvalue weighted by Crippen LogP contribution is 1.67. The first-order valence-electron chi connectivity index (χ1n) is 2.77. The molecule has 0 aliphatic heterocycles. The van der Waals surface area contributed by atoms with Gasteiger partial charge in [0, 0.05) is 11.8 Å². The lowest BCUT2D eigenvalue weighted by Gasteiger charge is -1.68. The summed E-state index contributed by atoms with van der Waals surface area (Å²) in [5.74, 6) is 5.37. The van der Waals surface area contributed by atoms with E-state index in [0.29, 0.717) is 0 Å². The van der Waals surface area contributed by atoms with Crippen molar-refractivity contribution in [1.82, 2.24) is 0 Å². The summed E-state index contributed by atoms with van der Waals surface area (Å²) < 4.78 is 0. The number of carboxylic acids is 2. The van der Waals surface area contributed by atoms with Gasteiger partial charge in [0.1, 0.15) is 0 Å². The van der Waals surface area contributed by atoms with E-state index in [1.54, 1.807) is 11.8 Å². The van der Waals surface area contributed by atoms with Gasteiger partial charge in [0.25, 0.3) is 0 Å². The van der Waals surface area contributed by atoms with E-state index in [9.17, 15) is 9.59 Å². The summed E-state index contributed by atoms with van der Waals surface area (Å²) in [7, 11) is 0. The second kappa shape index (κ2) is 5.57. The Bertz CT molecular complexity index is 296. The average Bonchev–Trinajstić information content (AvgIpc) is 1.95. The highest BCUT2D eigenvalue weighted by molar-refractivity contribution is 5.87. The first-order chi connectivity index (χ1) is 5.63. The summed E-state index contributed by atoms with van der Waals surface area (Å²) in [6.07, 6.45) is 2.31. The zero-order valence-corrected chi connectivity index (χ0v) is 5.87. The molecule has 0 heterocycles. The topological polar surface area (TPSA) is 74.6 Å². The van der Waals surface area contributed by atoms with E-state index in [-0.39, 0.29) is 0 Å². The van der Waals surface area contributed by atoms with Crippen molar-refractivity contribution >= 4 is 11.9 Å². The van der Waals surface area contributed by atoms with Gasteiger partial charge in [-0.2, -0.15) is 0 Å². The SMILES string of the molecule is O=C(O)C#C/C=C/C#CC(=O)O. The van der Waals surface area contributed by atoms with E-state index in [2.05, 4.69) is 11.8 Å². The highest BCUT2D eigenvalue weighted by Gasteiger charge is 1.79. The molecular formula is C8H4O4. The Balaban J connectivity index is 3.99. The standard InChI is InChI=1S/C8H4O4/c9-7(10)5-3-1-2-4-6-8(11)12/h1-2H,(H,9,10)(H,11,12)/b2-1+. The Morgan fingerprint density at radius 2 is 1.25 bits per heavy atom. The van der Waals surface area contributed by atoms with E-state index < -0.39 is 11.9 Å². The summed E-state index contributed by atoms with van der Waals surface area (Å²) in [5, 5.41) is 16.0. The quantitative estimate of drug-likeness (QED) is 0.483. The fourth-order valence-electron chi connectivity index (χ4n) is 0.290. The van der Waals surface area contributed by atoms with Crippen LogP contribution in [0.1, 0.15) is 0 Å². The summed E-state index contributed by atoms with van der Waals surface area (Å²) >= 11 is 0. The van der Waals surface area contributed by atoms with Gasteiger partial charge >= 0.3 is 11.9 Å². The summed E-state index contributed by atoms with van der Waals surface area (Å²) in [5.41, 5.74) is 0. The summed E-state index contributed by atoms with van der Waals surface area (Å²) in [4.78, 5) is 19.6. The molecule has 0 saturated carbocycles. The van der Waals surface area contributed by atoms with Gasteiger partial charge in [-0.15, -0.1) is 0 Å². The number of carboxylic acid groups (broad SMARTS) is 2. The van der Waals surface area contributed by atoms with E-state index in [0.717, 1.165) is 12.2 Å². The summed E-state index contributed by atoms with van der Waals surface area (Å²) in [6.45, 7) is 0. The van der Waals surface area contributed by atoms with Crippen LogP contribution < -0.4 is 0 Å². The van der Waals surface area contributed by atoms with E-state index in [1.807, 2.05) is 0 Å². The normalized spacial score (nSPS) is 7.67. The minimum absolute atomic E-state index is 1.16. The monoisotopic (exact) mass is 164 g/mol. The van der Waals surface area contributed by atoms with Crippen molar-refractivity contribution in [3.05, 3.63) is 12.2 Å². The van der Waals surface area contributed by atoms with Crippen molar-refractivity contribution in [2.24, 2.45) is 0 Å². The first-order valence-corrected chi connectivity index (χ1v) is 2.77. The van der Waals surface area contributed by atoms with Crippen molar-refractivity contribution in [2.45, 2.75) is 0 Å². The van der Waals surface area contributed by atoms with Crippen LogP contribution >= 0.6 is 0 Å². The maximum absolute atomic E-state index is 9.80. The van der Waals surface area contributed by atoms with Crippen LogP contribution in [0.4, 0.5) is 0 Å². The fraction of sp³-hybridized carbons (Fsp3) is 0. The molecule has 0 radical (unpaired) electrons. The fourth-order valence-corrected chi connectivity index (χ4v) is 0.290. The maximum atomic E-state index is 9.80. The average molecular weight is 164 g/mol. The second-order valence-corrected chi connectivity index (χ2v) is 1.48. The minimum atomic E-state index is -1.24. The molecule has 0 amide bonds. The molecule has 0 aromatic heterocycles. The number of allylic oxidation sites excluding steroid dienone is 2. The predicted octanol–water partition coefficient (Wildman–Crippen LogP) is -0.281. The van der Waals surface area contributed by atoms with E-state index >= 15 is 0 Å². The molecule has 4 heteroatoms. The third kappa shape index (κ3) is 7.80. The molecular weight excluding hydrogens is 160 g/mol. The Kier molecular flexibility index (Phi) is 4.55. The number of carbonyl (C=O) groups is 2. The predicted molar refractivity (Wildman–Crippen MR) is 40.0 cm³/mol. The number of aliphatic carboxylic acids is 2. The molecule has 12 heavy (non-hydrogen) atoms. The zero-order valence-electron chi connectivity index (χ0n) is 5.87. The van der Waals surface area contributed by atoms with Crippen LogP contribution in [-0.2, 0) is 9.59 Å². The molecule has 0 aromatic carbocycles. The molecule has 0 aliphatic rings. The molecule has 0 spiro atoms. The number of hydrogen-bond donors (Lipinski definition) is 2. The van der Waals surface area contributed by atoms with Gasteiger partial charge < -0.3 is 10.2 Å². The van der Waals surface area contributed by atoms with Gasteiger partial charge in [0.2, 0.25) is 0 Å². The van der Waals surface area contributed by atoms with Crippen molar-refractivity contribution in [3.63, 3.8) is 0 Å². The van der Waals surface area contributed by atoms with Crippen LogP contribution in [0.2, 0.25) is 0 Å². The molecule has 0 bridgehead atoms. The van der Waals surface area contributed by atoms with E-state index in [4.69, 9.17) is 10.2 Å². The Labute approximate surface area is 68.5 Å². The van der Waals surface area contributed by atoms with Crippen molar-refractivity contribution in [2.75, 3.05) is 0 Å². The maximum Gasteiger partial charge on any atom is 0.382 e. The lowest BCUT2D eigenvalue weighted by Crippen LogP contribution is -1.85. The van der Waals surface area contributed by atoms with Crippen LogP contribution in [0.3, 0.4) is 0 Å². The molecule has 4 nitrogen and oxygen atoms in total. The largest absolute Gasteiger partial charge is 0.472 e. The molecule has 0 unspecified atom stereocenters. The van der Waals surface area contributed by atoms with Crippen LogP contribution in [0.5, 0.6) is 0 Å². The van der Waals surface area contributed by atoms with E-state index in [1.165, 1.54) is 0 Å². The first kappa shape index (κ1) is 9.80. The molecule has 0 aliphatic carbocycles. The molecule has 60 valence electrons. The molecule has 0 aromatic rings. The highest BCUT2D eigenvalue weighted by atomic mass is 16.4. The second-order valence-electron chi connectivity index (χ2n) is 1.48. The summed E-state index contributed by atoms with van der Waals surface area (Å²) in [6, 6.07) is 0. The van der Waals surface area contributed by atoms with Gasteiger partial charge in [-0.1, -0.05) is 11.8 Å². The molecule has 0 fully saturated rings.